The molecule has 1 fully saturated rings. The molecular weight excluding hydrogens is 365 g/mol. The van der Waals surface area contributed by atoms with Crippen molar-refractivity contribution in [3.05, 3.63) is 29.6 Å². The first-order valence-corrected chi connectivity index (χ1v) is 8.38. The molecule has 0 spiro atoms. The molecule has 0 aliphatic carbocycles. The van der Waals surface area contributed by atoms with Crippen molar-refractivity contribution < 1.29 is 27.6 Å². The Hall–Kier alpha value is -2.62. The molecule has 1 aromatic rings. The second kappa shape index (κ2) is 8.85. The lowest BCUT2D eigenvalue weighted by atomic mass is 9.97. The number of primary amides is 1. The summed E-state index contributed by atoms with van der Waals surface area (Å²) in [7, 11) is 1.51. The van der Waals surface area contributed by atoms with Crippen molar-refractivity contribution in [2.45, 2.75) is 12.8 Å². The number of carbonyl (C=O) groups is 3. The lowest BCUT2D eigenvalue weighted by molar-refractivity contribution is -0.135. The quantitative estimate of drug-likeness (QED) is 0.704. The van der Waals surface area contributed by atoms with E-state index in [4.69, 9.17) is 5.73 Å². The third kappa shape index (κ3) is 5.43. The minimum absolute atomic E-state index is 0.0981. The molecule has 3 amide bonds. The molecule has 0 aromatic heterocycles. The molecule has 0 saturated carbocycles. The molecule has 1 atom stereocenters. The second-order valence-corrected chi connectivity index (χ2v) is 6.52. The number of hydrogen-bond acceptors (Lipinski definition) is 4. The van der Waals surface area contributed by atoms with Gasteiger partial charge in [-0.05, 0) is 32.0 Å². The maximum absolute atomic E-state index is 13.6. The van der Waals surface area contributed by atoms with E-state index in [1.807, 2.05) is 0 Å². The van der Waals surface area contributed by atoms with Crippen LogP contribution in [-0.2, 0) is 14.4 Å². The summed E-state index contributed by atoms with van der Waals surface area (Å²) >= 11 is 0. The number of nitrogens with zero attached hydrogens (tertiary/aromatic N) is 2. The molecule has 10 heteroatoms. The number of nitrogens with one attached hydrogen (secondary N) is 1. The van der Waals surface area contributed by atoms with Crippen LogP contribution in [0.25, 0.3) is 0 Å². The van der Waals surface area contributed by atoms with Gasteiger partial charge in [0.2, 0.25) is 17.7 Å². The Morgan fingerprint density at radius 1 is 1.22 bits per heavy atom. The lowest BCUT2D eigenvalue weighted by Gasteiger charge is -2.32. The third-order valence-electron chi connectivity index (χ3n) is 4.30. The topological polar surface area (TPSA) is 95.7 Å². The minimum Gasteiger partial charge on any atom is -0.369 e. The van der Waals surface area contributed by atoms with Gasteiger partial charge in [0.1, 0.15) is 0 Å². The van der Waals surface area contributed by atoms with E-state index in [2.05, 4.69) is 5.32 Å². The van der Waals surface area contributed by atoms with E-state index >= 15 is 0 Å². The maximum Gasteiger partial charge on any atom is 0.238 e. The highest BCUT2D eigenvalue weighted by Crippen LogP contribution is 2.19. The summed E-state index contributed by atoms with van der Waals surface area (Å²) < 4.78 is 39.6. The number of halogens is 3. The van der Waals surface area contributed by atoms with Crippen molar-refractivity contribution in [2.75, 3.05) is 38.5 Å². The summed E-state index contributed by atoms with van der Waals surface area (Å²) in [6, 6.07) is 1.61. The minimum atomic E-state index is -1.68. The van der Waals surface area contributed by atoms with E-state index < -0.39 is 35.0 Å². The van der Waals surface area contributed by atoms with Gasteiger partial charge in [-0.3, -0.25) is 19.3 Å². The van der Waals surface area contributed by atoms with E-state index in [-0.39, 0.29) is 31.5 Å². The van der Waals surface area contributed by atoms with Gasteiger partial charge >= 0.3 is 0 Å². The molecule has 2 rings (SSSR count). The first-order valence-electron chi connectivity index (χ1n) is 8.38. The van der Waals surface area contributed by atoms with Gasteiger partial charge in [-0.1, -0.05) is 0 Å². The first-order chi connectivity index (χ1) is 12.7. The number of anilines is 1. The molecule has 27 heavy (non-hydrogen) atoms. The zero-order valence-electron chi connectivity index (χ0n) is 14.8. The lowest BCUT2D eigenvalue weighted by Crippen LogP contribution is -2.47. The van der Waals surface area contributed by atoms with Crippen LogP contribution in [-0.4, -0.2) is 60.7 Å². The number of hydrogen-bond donors (Lipinski definition) is 2. The number of carbonyl (C=O) groups excluding carboxylic acids is 3. The van der Waals surface area contributed by atoms with Crippen LogP contribution >= 0.6 is 0 Å². The van der Waals surface area contributed by atoms with E-state index in [0.717, 1.165) is 6.07 Å². The Morgan fingerprint density at radius 2 is 1.93 bits per heavy atom. The number of rotatable bonds is 6. The van der Waals surface area contributed by atoms with E-state index in [1.165, 1.54) is 16.8 Å². The fraction of sp³-hybridized carbons (Fsp3) is 0.471. The van der Waals surface area contributed by atoms with Crippen LogP contribution in [0.3, 0.4) is 0 Å². The number of likely N-dealkylation sites (tertiary alicyclic amines) is 1. The molecule has 0 radical (unpaired) electrons. The van der Waals surface area contributed by atoms with Crippen molar-refractivity contribution in [3.63, 3.8) is 0 Å². The van der Waals surface area contributed by atoms with Gasteiger partial charge in [0.25, 0.3) is 0 Å². The summed E-state index contributed by atoms with van der Waals surface area (Å²) in [5.41, 5.74) is 4.79. The van der Waals surface area contributed by atoms with Crippen LogP contribution in [0.2, 0.25) is 0 Å². The highest BCUT2D eigenvalue weighted by Gasteiger charge is 2.27. The number of nitrogens with two attached hydrogens (primary N) is 1. The summed E-state index contributed by atoms with van der Waals surface area (Å²) in [4.78, 5) is 38.4. The maximum atomic E-state index is 13.6. The normalized spacial score (nSPS) is 17.1. The van der Waals surface area contributed by atoms with Gasteiger partial charge in [-0.15, -0.1) is 0 Å². The van der Waals surface area contributed by atoms with Gasteiger partial charge < -0.3 is 16.0 Å². The summed E-state index contributed by atoms with van der Waals surface area (Å²) in [5.74, 6) is -6.32. The predicted octanol–water partition coefficient (Wildman–Crippen LogP) is 0.698. The summed E-state index contributed by atoms with van der Waals surface area (Å²) in [6.45, 7) is 0.382. The van der Waals surface area contributed by atoms with Crippen molar-refractivity contribution in [3.8, 4) is 0 Å². The van der Waals surface area contributed by atoms with E-state index in [9.17, 15) is 27.6 Å². The van der Waals surface area contributed by atoms with Crippen molar-refractivity contribution in [2.24, 2.45) is 11.7 Å². The van der Waals surface area contributed by atoms with Crippen molar-refractivity contribution in [1.29, 1.82) is 0 Å². The third-order valence-corrected chi connectivity index (χ3v) is 4.30. The predicted molar refractivity (Wildman–Crippen MR) is 90.9 cm³/mol. The molecule has 0 unspecified atom stereocenters. The Morgan fingerprint density at radius 3 is 2.59 bits per heavy atom. The molecule has 1 aliphatic rings. The van der Waals surface area contributed by atoms with Crippen LogP contribution in [0.4, 0.5) is 18.9 Å². The number of benzene rings is 1. The van der Waals surface area contributed by atoms with Crippen LogP contribution < -0.4 is 11.1 Å². The molecule has 0 bridgehead atoms. The van der Waals surface area contributed by atoms with Crippen molar-refractivity contribution in [1.82, 2.24) is 9.80 Å². The summed E-state index contributed by atoms with van der Waals surface area (Å²) in [5, 5.41) is 2.14. The van der Waals surface area contributed by atoms with Crippen LogP contribution in [0.1, 0.15) is 12.8 Å². The largest absolute Gasteiger partial charge is 0.369 e. The molecule has 148 valence electrons. The fourth-order valence-corrected chi connectivity index (χ4v) is 2.88. The van der Waals surface area contributed by atoms with Crippen molar-refractivity contribution >= 4 is 23.4 Å². The Labute approximate surface area is 154 Å². The SMILES string of the molecule is CN(CC(=O)Nc1ccc(F)c(F)c1F)CC(=O)N1CCC[C@@H](C(N)=O)C1. The Balaban J connectivity index is 1.87. The summed E-state index contributed by atoms with van der Waals surface area (Å²) in [6.07, 6.45) is 1.30. The smallest absolute Gasteiger partial charge is 0.238 e. The van der Waals surface area contributed by atoms with E-state index in [0.29, 0.717) is 25.5 Å². The van der Waals surface area contributed by atoms with Gasteiger partial charge in [0, 0.05) is 13.1 Å². The van der Waals surface area contributed by atoms with Crippen LogP contribution in [0.5, 0.6) is 0 Å². The number of likely N-dealkylation sites (N-methyl/N-ethyl adjacent to an activating group) is 1. The standard InChI is InChI=1S/C17H21F3N4O3/c1-23(9-14(26)24-6-2-3-10(7-24)17(21)27)8-13(25)22-12-5-4-11(18)15(19)16(12)20/h4-5,10H,2-3,6-9H2,1H3,(H2,21,27)(H,22,25)/t10-/m1/s1. The Kier molecular flexibility index (Phi) is 6.78. The zero-order valence-corrected chi connectivity index (χ0v) is 14.8. The average Bonchev–Trinajstić information content (AvgIpc) is 2.62. The molecule has 3 N–H and O–H groups in total. The number of amides is 3. The zero-order chi connectivity index (χ0) is 20.1. The van der Waals surface area contributed by atoms with E-state index in [1.54, 1.807) is 0 Å². The fourth-order valence-electron chi connectivity index (χ4n) is 2.88. The van der Waals surface area contributed by atoms with Crippen LogP contribution in [0.15, 0.2) is 12.1 Å². The second-order valence-electron chi connectivity index (χ2n) is 6.52. The molecular formula is C17H21F3N4O3. The van der Waals surface area contributed by atoms with Gasteiger partial charge in [-0.2, -0.15) is 0 Å². The molecule has 1 aromatic carbocycles. The number of piperidine rings is 1. The van der Waals surface area contributed by atoms with Gasteiger partial charge in [0.05, 0.1) is 24.7 Å². The first kappa shape index (κ1) is 20.7. The highest BCUT2D eigenvalue weighted by atomic mass is 19.2. The molecule has 1 aliphatic heterocycles. The highest BCUT2D eigenvalue weighted by molar-refractivity contribution is 5.92. The molecule has 7 nitrogen and oxygen atoms in total. The molecule has 1 heterocycles. The Bertz CT molecular complexity index is 744. The van der Waals surface area contributed by atoms with Crippen LogP contribution in [0, 0.1) is 23.4 Å². The van der Waals surface area contributed by atoms with Gasteiger partial charge in [-0.25, -0.2) is 13.2 Å². The monoisotopic (exact) mass is 386 g/mol. The molecule has 1 saturated heterocycles. The average molecular weight is 386 g/mol. The van der Waals surface area contributed by atoms with Gasteiger partial charge in [0.15, 0.2) is 17.5 Å².